The van der Waals surface area contributed by atoms with Crippen molar-refractivity contribution in [3.05, 3.63) is 0 Å². The Morgan fingerprint density at radius 3 is 1.93 bits per heavy atom. The van der Waals surface area contributed by atoms with Crippen LogP contribution in [-0.2, 0) is 62.9 Å². The van der Waals surface area contributed by atoms with Crippen LogP contribution in [0.5, 0.6) is 0 Å². The zero-order valence-electron chi connectivity index (χ0n) is 14.2. The molecule has 158 valence electrons. The van der Waals surface area contributed by atoms with Crippen molar-refractivity contribution in [3.63, 3.8) is 0 Å². The van der Waals surface area contributed by atoms with Crippen molar-refractivity contribution in [1.82, 2.24) is 0 Å². The molecule has 2 aliphatic heterocycles. The highest BCUT2D eigenvalue weighted by Gasteiger charge is 2.49. The summed E-state index contributed by atoms with van der Waals surface area (Å²) in [7, 11) is 0. The molecule has 3 atom stereocenters. The third-order valence-electron chi connectivity index (χ3n) is 3.77. The van der Waals surface area contributed by atoms with E-state index in [2.05, 4.69) is 29.3 Å². The first-order valence-corrected chi connectivity index (χ1v) is 7.70. The number of carboxylic acids is 1. The summed E-state index contributed by atoms with van der Waals surface area (Å²) in [6, 6.07) is 0. The summed E-state index contributed by atoms with van der Waals surface area (Å²) in [5.41, 5.74) is -3.03. The van der Waals surface area contributed by atoms with E-state index in [0.29, 0.717) is 0 Å². The van der Waals surface area contributed by atoms with Gasteiger partial charge < -0.3 is 10.2 Å². The van der Waals surface area contributed by atoms with Crippen molar-refractivity contribution >= 4 is 41.8 Å². The molecule has 0 aromatic carbocycles. The molecule has 2 bridgehead atoms. The Labute approximate surface area is 159 Å². The van der Waals surface area contributed by atoms with E-state index in [4.69, 9.17) is 5.11 Å². The standard InChI is InChI=1S/C14H12O15/c15-7(16)1-5-6-2-8(17)24-25-9(18)3-14(23,13(22)29-28-12(6)21)4-10(19)26-27-11(5)20/h5-6,23H,1-4H2,(H,15,16). The Hall–Kier alpha value is -3.75. The molecule has 2 fully saturated rings. The van der Waals surface area contributed by atoms with Gasteiger partial charge in [-0.05, 0) is 0 Å². The zero-order valence-corrected chi connectivity index (χ0v) is 14.2. The average Bonchev–Trinajstić information content (AvgIpc) is 2.63. The molecule has 0 aromatic heterocycles. The number of carbonyl (C=O) groups is 7. The summed E-state index contributed by atoms with van der Waals surface area (Å²) in [6.07, 6.45) is -4.87. The summed E-state index contributed by atoms with van der Waals surface area (Å²) in [6.45, 7) is 0. The van der Waals surface area contributed by atoms with Crippen LogP contribution >= 0.6 is 0 Å². The fraction of sp³-hybridized carbons (Fsp3) is 0.500. The van der Waals surface area contributed by atoms with Crippen LogP contribution < -0.4 is 0 Å². The molecule has 2 aliphatic rings. The van der Waals surface area contributed by atoms with Gasteiger partial charge in [0.15, 0.2) is 5.60 Å². The molecule has 0 saturated carbocycles. The van der Waals surface area contributed by atoms with Crippen LogP contribution in [-0.4, -0.2) is 57.6 Å². The fourth-order valence-corrected chi connectivity index (χ4v) is 2.39. The van der Waals surface area contributed by atoms with Crippen LogP contribution in [0.25, 0.3) is 0 Å². The van der Waals surface area contributed by atoms with E-state index >= 15 is 0 Å². The van der Waals surface area contributed by atoms with E-state index in [0.717, 1.165) is 0 Å². The SMILES string of the molecule is O=C(O)CC1C(=O)OOC(=O)CC2(O)CC(=O)OOC(=O)CC1C(=O)OOC2=O. The van der Waals surface area contributed by atoms with Crippen molar-refractivity contribution in [2.24, 2.45) is 11.8 Å². The number of aliphatic carboxylic acids is 1. The maximum absolute atomic E-state index is 12.2. The third-order valence-corrected chi connectivity index (χ3v) is 3.77. The smallest absolute Gasteiger partial charge is 0.387 e. The van der Waals surface area contributed by atoms with E-state index in [-0.39, 0.29) is 0 Å². The van der Waals surface area contributed by atoms with Gasteiger partial charge in [-0.3, -0.25) is 4.79 Å². The van der Waals surface area contributed by atoms with Gasteiger partial charge in [0.2, 0.25) is 0 Å². The van der Waals surface area contributed by atoms with Gasteiger partial charge >= 0.3 is 41.8 Å². The molecule has 3 unspecified atom stereocenters. The van der Waals surface area contributed by atoms with Crippen LogP contribution in [0.1, 0.15) is 25.7 Å². The summed E-state index contributed by atoms with van der Waals surface area (Å²) >= 11 is 0. The molecular weight excluding hydrogens is 408 g/mol. The van der Waals surface area contributed by atoms with Crippen LogP contribution in [0.4, 0.5) is 0 Å². The van der Waals surface area contributed by atoms with Crippen molar-refractivity contribution in [1.29, 1.82) is 0 Å². The van der Waals surface area contributed by atoms with E-state index in [1.54, 1.807) is 0 Å². The zero-order chi connectivity index (χ0) is 21.8. The van der Waals surface area contributed by atoms with Gasteiger partial charge in [-0.25, -0.2) is 58.1 Å². The predicted molar refractivity (Wildman–Crippen MR) is 74.6 cm³/mol. The average molecular weight is 420 g/mol. The molecule has 29 heavy (non-hydrogen) atoms. The lowest BCUT2D eigenvalue weighted by molar-refractivity contribution is -0.290. The minimum Gasteiger partial charge on any atom is -0.481 e. The van der Waals surface area contributed by atoms with Gasteiger partial charge in [-0.2, -0.15) is 0 Å². The van der Waals surface area contributed by atoms with Gasteiger partial charge in [-0.1, -0.05) is 0 Å². The van der Waals surface area contributed by atoms with Crippen molar-refractivity contribution < 1.29 is 73.1 Å². The summed E-state index contributed by atoms with van der Waals surface area (Å²) in [5, 5.41) is 19.2. The second-order valence-corrected chi connectivity index (χ2v) is 5.94. The van der Waals surface area contributed by atoms with Crippen molar-refractivity contribution in [2.45, 2.75) is 31.3 Å². The molecule has 2 saturated heterocycles. The van der Waals surface area contributed by atoms with Crippen molar-refractivity contribution in [3.8, 4) is 0 Å². The second kappa shape index (κ2) is 8.51. The lowest BCUT2D eigenvalue weighted by atomic mass is 9.87. The predicted octanol–water partition coefficient (Wildman–Crippen LogP) is -2.37. The van der Waals surface area contributed by atoms with Gasteiger partial charge in [0.05, 0.1) is 37.5 Å². The van der Waals surface area contributed by atoms with Gasteiger partial charge in [-0.15, -0.1) is 0 Å². The van der Waals surface area contributed by atoms with Gasteiger partial charge in [0.1, 0.15) is 0 Å². The molecular formula is C14H12O15. The molecule has 0 aliphatic carbocycles. The van der Waals surface area contributed by atoms with Crippen molar-refractivity contribution in [2.75, 3.05) is 0 Å². The normalized spacial score (nSPS) is 29.0. The highest BCUT2D eigenvalue weighted by Crippen LogP contribution is 2.27. The van der Waals surface area contributed by atoms with Crippen LogP contribution in [0.15, 0.2) is 0 Å². The quantitative estimate of drug-likeness (QED) is 0.446. The van der Waals surface area contributed by atoms with E-state index in [1.807, 2.05) is 0 Å². The van der Waals surface area contributed by atoms with E-state index in [1.165, 1.54) is 0 Å². The number of hydrogen-bond acceptors (Lipinski definition) is 14. The Morgan fingerprint density at radius 2 is 1.34 bits per heavy atom. The molecule has 0 spiro atoms. The molecule has 15 heteroatoms. The number of rotatable bonds is 2. The summed E-state index contributed by atoms with van der Waals surface area (Å²) in [4.78, 5) is 107. The highest BCUT2D eigenvalue weighted by molar-refractivity contribution is 5.92. The Balaban J connectivity index is 2.52. The topological polar surface area (TPSA) is 215 Å². The molecule has 2 N–H and O–H groups in total. The second-order valence-electron chi connectivity index (χ2n) is 5.94. The Morgan fingerprint density at radius 1 is 0.828 bits per heavy atom. The van der Waals surface area contributed by atoms with Gasteiger partial charge in [0, 0.05) is 0 Å². The first-order chi connectivity index (χ1) is 13.5. The van der Waals surface area contributed by atoms with Crippen LogP contribution in [0.3, 0.4) is 0 Å². The lowest BCUT2D eigenvalue weighted by Crippen LogP contribution is -2.47. The van der Waals surface area contributed by atoms with E-state index in [9.17, 15) is 38.7 Å². The monoisotopic (exact) mass is 420 g/mol. The Kier molecular flexibility index (Phi) is 6.32. The minimum atomic E-state index is -3.03. The number of carbonyl (C=O) groups excluding carboxylic acids is 6. The molecule has 15 nitrogen and oxygen atoms in total. The fourth-order valence-electron chi connectivity index (χ4n) is 2.39. The lowest BCUT2D eigenvalue weighted by Gasteiger charge is -2.26. The Bertz CT molecular complexity index is 769. The van der Waals surface area contributed by atoms with Gasteiger partial charge in [0.25, 0.3) is 0 Å². The highest BCUT2D eigenvalue weighted by atomic mass is 17.2. The minimum absolute atomic E-state index is 1.09. The maximum Gasteiger partial charge on any atom is 0.387 e. The maximum atomic E-state index is 12.2. The molecule has 2 rings (SSSR count). The van der Waals surface area contributed by atoms with Crippen LogP contribution in [0.2, 0.25) is 0 Å². The summed E-state index contributed by atoms with van der Waals surface area (Å²) in [5.74, 6) is -15.1. The van der Waals surface area contributed by atoms with Crippen LogP contribution in [0, 0.1) is 11.8 Å². The van der Waals surface area contributed by atoms with E-state index < -0.39 is 84.9 Å². The third kappa shape index (κ3) is 5.38. The number of fused-ring (bicyclic) bond motifs is 5. The molecule has 2 heterocycles. The number of aliphatic hydroxyl groups is 1. The first kappa shape index (κ1) is 21.5. The molecule has 0 aromatic rings. The largest absolute Gasteiger partial charge is 0.481 e. The molecule has 0 amide bonds. The summed E-state index contributed by atoms with van der Waals surface area (Å²) < 4.78 is 0. The first-order valence-electron chi connectivity index (χ1n) is 7.70. The molecule has 0 radical (unpaired) electrons. The number of hydrogen-bond donors (Lipinski definition) is 2. The number of carboxylic acid groups (broad SMARTS) is 1.